The summed E-state index contributed by atoms with van der Waals surface area (Å²) in [4.78, 5) is 15.3. The first-order valence-corrected chi connectivity index (χ1v) is 12.1. The third-order valence-corrected chi connectivity index (χ3v) is 6.30. The second-order valence-electron chi connectivity index (χ2n) is 8.67. The lowest BCUT2D eigenvalue weighted by Crippen LogP contribution is -2.30. The Balaban J connectivity index is 1.44. The summed E-state index contributed by atoms with van der Waals surface area (Å²) < 4.78 is 38.2. The standard InChI is InChI=1S/C29H28N2O8/c1-33-22-8-6-19(7-9-22)29(32)31(15-18-5-10-23-25(11-18)38-17-37-23)16-21-14-24(39-30-21)20-12-26(34-2)28(36-4)27(13-20)35-3/h5-14H,15-17H2,1-4H3. The van der Waals surface area contributed by atoms with Crippen molar-refractivity contribution < 1.29 is 37.7 Å². The van der Waals surface area contributed by atoms with E-state index in [2.05, 4.69) is 5.16 Å². The Bertz CT molecular complexity index is 1440. The highest BCUT2D eigenvalue weighted by molar-refractivity contribution is 5.94. The van der Waals surface area contributed by atoms with Crippen LogP contribution in [0, 0.1) is 0 Å². The van der Waals surface area contributed by atoms with Gasteiger partial charge in [-0.2, -0.15) is 0 Å². The van der Waals surface area contributed by atoms with Crippen molar-refractivity contribution in [2.45, 2.75) is 13.1 Å². The van der Waals surface area contributed by atoms with Crippen LogP contribution in [0.5, 0.6) is 34.5 Å². The molecule has 39 heavy (non-hydrogen) atoms. The minimum atomic E-state index is -0.173. The van der Waals surface area contributed by atoms with Crippen LogP contribution in [0.1, 0.15) is 21.6 Å². The zero-order chi connectivity index (χ0) is 27.4. The Kier molecular flexibility index (Phi) is 7.44. The molecule has 1 aromatic heterocycles. The Morgan fingerprint density at radius 2 is 1.54 bits per heavy atom. The molecule has 0 saturated carbocycles. The summed E-state index contributed by atoms with van der Waals surface area (Å²) in [5.41, 5.74) is 2.66. The molecular weight excluding hydrogens is 504 g/mol. The van der Waals surface area contributed by atoms with Crippen molar-refractivity contribution in [1.29, 1.82) is 0 Å². The number of methoxy groups -OCH3 is 4. The maximum atomic E-state index is 13.6. The number of fused-ring (bicyclic) bond motifs is 1. The summed E-state index contributed by atoms with van der Waals surface area (Å²) in [6.45, 7) is 0.692. The number of benzene rings is 3. The zero-order valence-electron chi connectivity index (χ0n) is 22.1. The zero-order valence-corrected chi connectivity index (χ0v) is 22.1. The van der Waals surface area contributed by atoms with Crippen molar-refractivity contribution in [2.24, 2.45) is 0 Å². The number of carbonyl (C=O) groups excluding carboxylic acids is 1. The fourth-order valence-corrected chi connectivity index (χ4v) is 4.32. The number of carbonyl (C=O) groups is 1. The Labute approximate surface area is 225 Å². The molecule has 0 unspecified atom stereocenters. The number of rotatable bonds is 10. The summed E-state index contributed by atoms with van der Waals surface area (Å²) in [5, 5.41) is 4.24. The second kappa shape index (κ2) is 11.3. The van der Waals surface area contributed by atoms with E-state index in [4.69, 9.17) is 32.9 Å². The van der Waals surface area contributed by atoms with Gasteiger partial charge in [0.05, 0.1) is 35.0 Å². The average molecular weight is 533 g/mol. The first-order valence-electron chi connectivity index (χ1n) is 12.1. The summed E-state index contributed by atoms with van der Waals surface area (Å²) in [6.07, 6.45) is 0. The van der Waals surface area contributed by atoms with E-state index in [0.29, 0.717) is 63.6 Å². The van der Waals surface area contributed by atoms with Crippen LogP contribution in [0.3, 0.4) is 0 Å². The van der Waals surface area contributed by atoms with Crippen molar-refractivity contribution in [3.63, 3.8) is 0 Å². The van der Waals surface area contributed by atoms with E-state index in [0.717, 1.165) is 5.56 Å². The molecule has 1 aliphatic rings. The second-order valence-corrected chi connectivity index (χ2v) is 8.67. The minimum absolute atomic E-state index is 0.173. The van der Waals surface area contributed by atoms with Gasteiger partial charge in [0, 0.05) is 23.7 Å². The van der Waals surface area contributed by atoms with Gasteiger partial charge in [-0.25, -0.2) is 0 Å². The smallest absolute Gasteiger partial charge is 0.254 e. The molecule has 0 N–H and O–H groups in total. The van der Waals surface area contributed by atoms with Crippen LogP contribution in [-0.2, 0) is 13.1 Å². The van der Waals surface area contributed by atoms with E-state index in [-0.39, 0.29) is 19.2 Å². The van der Waals surface area contributed by atoms with Crippen molar-refractivity contribution in [2.75, 3.05) is 35.2 Å². The van der Waals surface area contributed by atoms with Crippen LogP contribution in [0.25, 0.3) is 11.3 Å². The van der Waals surface area contributed by atoms with Gasteiger partial charge >= 0.3 is 0 Å². The van der Waals surface area contributed by atoms with Crippen LogP contribution in [0.15, 0.2) is 65.2 Å². The summed E-state index contributed by atoms with van der Waals surface area (Å²) in [7, 11) is 6.22. The van der Waals surface area contributed by atoms with E-state index < -0.39 is 0 Å². The number of hydrogen-bond donors (Lipinski definition) is 0. The molecule has 4 aromatic rings. The van der Waals surface area contributed by atoms with Crippen molar-refractivity contribution in [3.8, 4) is 45.8 Å². The quantitative estimate of drug-likeness (QED) is 0.281. The van der Waals surface area contributed by atoms with Gasteiger partial charge in [-0.05, 0) is 54.1 Å². The van der Waals surface area contributed by atoms with E-state index in [1.54, 1.807) is 75.8 Å². The van der Waals surface area contributed by atoms with E-state index in [9.17, 15) is 4.79 Å². The molecule has 10 heteroatoms. The normalized spacial score (nSPS) is 11.7. The third-order valence-electron chi connectivity index (χ3n) is 6.30. The van der Waals surface area contributed by atoms with Gasteiger partial charge < -0.3 is 37.8 Å². The maximum Gasteiger partial charge on any atom is 0.254 e. The van der Waals surface area contributed by atoms with Crippen LogP contribution in [0.2, 0.25) is 0 Å². The van der Waals surface area contributed by atoms with Gasteiger partial charge in [0.15, 0.2) is 28.8 Å². The highest BCUT2D eigenvalue weighted by atomic mass is 16.7. The topological polar surface area (TPSA) is 102 Å². The van der Waals surface area contributed by atoms with Crippen LogP contribution >= 0.6 is 0 Å². The Hall–Kier alpha value is -4.86. The number of hydrogen-bond acceptors (Lipinski definition) is 9. The molecule has 10 nitrogen and oxygen atoms in total. The molecule has 1 amide bonds. The molecule has 0 atom stereocenters. The van der Waals surface area contributed by atoms with E-state index in [1.807, 2.05) is 18.2 Å². The molecule has 0 saturated heterocycles. The van der Waals surface area contributed by atoms with Crippen LogP contribution in [0.4, 0.5) is 0 Å². The number of amides is 1. The third kappa shape index (κ3) is 5.40. The molecule has 1 aliphatic heterocycles. The van der Waals surface area contributed by atoms with Crippen molar-refractivity contribution in [3.05, 3.63) is 77.5 Å². The molecule has 2 heterocycles. The SMILES string of the molecule is COc1ccc(C(=O)N(Cc2ccc3c(c2)OCO3)Cc2cc(-c3cc(OC)c(OC)c(OC)c3)on2)cc1. The molecular formula is C29H28N2O8. The maximum absolute atomic E-state index is 13.6. The first kappa shape index (κ1) is 25.8. The number of aromatic nitrogens is 1. The lowest BCUT2D eigenvalue weighted by Gasteiger charge is -2.22. The average Bonchev–Trinajstić information content (AvgIpc) is 3.65. The lowest BCUT2D eigenvalue weighted by molar-refractivity contribution is 0.0726. The monoisotopic (exact) mass is 532 g/mol. The predicted octanol–water partition coefficient (Wildman–Crippen LogP) is 4.95. The van der Waals surface area contributed by atoms with Gasteiger partial charge in [0.1, 0.15) is 11.4 Å². The van der Waals surface area contributed by atoms with Gasteiger partial charge in [-0.1, -0.05) is 11.2 Å². The van der Waals surface area contributed by atoms with Crippen molar-refractivity contribution >= 4 is 5.91 Å². The summed E-state index contributed by atoms with van der Waals surface area (Å²) in [5.74, 6) is 3.77. The molecule has 202 valence electrons. The molecule has 3 aromatic carbocycles. The fourth-order valence-electron chi connectivity index (χ4n) is 4.32. The van der Waals surface area contributed by atoms with Crippen molar-refractivity contribution in [1.82, 2.24) is 10.1 Å². The number of ether oxygens (including phenoxy) is 6. The summed E-state index contributed by atoms with van der Waals surface area (Å²) >= 11 is 0. The van der Waals surface area contributed by atoms with Gasteiger partial charge in [0.25, 0.3) is 5.91 Å². The molecule has 0 aliphatic carbocycles. The van der Waals surface area contributed by atoms with Gasteiger partial charge in [-0.3, -0.25) is 4.79 Å². The van der Waals surface area contributed by atoms with Gasteiger partial charge in [0.2, 0.25) is 12.5 Å². The lowest BCUT2D eigenvalue weighted by atomic mass is 10.1. The molecule has 0 fully saturated rings. The van der Waals surface area contributed by atoms with Crippen LogP contribution in [-0.4, -0.2) is 51.2 Å². The minimum Gasteiger partial charge on any atom is -0.497 e. The number of nitrogens with zero attached hydrogens (tertiary/aromatic N) is 2. The fraction of sp³-hybridized carbons (Fsp3) is 0.241. The highest BCUT2D eigenvalue weighted by Crippen LogP contribution is 2.41. The molecule has 5 rings (SSSR count). The predicted molar refractivity (Wildman–Crippen MR) is 141 cm³/mol. The van der Waals surface area contributed by atoms with E-state index >= 15 is 0 Å². The molecule has 0 radical (unpaired) electrons. The van der Waals surface area contributed by atoms with Crippen LogP contribution < -0.4 is 28.4 Å². The van der Waals surface area contributed by atoms with Gasteiger partial charge in [-0.15, -0.1) is 0 Å². The molecule has 0 bridgehead atoms. The Morgan fingerprint density at radius 3 is 2.21 bits per heavy atom. The first-order chi connectivity index (χ1) is 19.0. The highest BCUT2D eigenvalue weighted by Gasteiger charge is 2.22. The summed E-state index contributed by atoms with van der Waals surface area (Å²) in [6, 6.07) is 17.9. The van der Waals surface area contributed by atoms with E-state index in [1.165, 1.54) is 0 Å². The largest absolute Gasteiger partial charge is 0.497 e. The Morgan fingerprint density at radius 1 is 0.821 bits per heavy atom. The molecule has 0 spiro atoms.